The lowest BCUT2D eigenvalue weighted by atomic mass is 10.1. The third-order valence-electron chi connectivity index (χ3n) is 3.75. The lowest BCUT2D eigenvalue weighted by Crippen LogP contribution is -2.48. The summed E-state index contributed by atoms with van der Waals surface area (Å²) in [6.45, 7) is 6.59. The van der Waals surface area contributed by atoms with Crippen molar-refractivity contribution in [2.24, 2.45) is 0 Å². The van der Waals surface area contributed by atoms with E-state index >= 15 is 0 Å². The zero-order valence-electron chi connectivity index (χ0n) is 11.9. The van der Waals surface area contributed by atoms with Crippen LogP contribution in [0.1, 0.15) is 12.5 Å². The van der Waals surface area contributed by atoms with Crippen LogP contribution in [0.3, 0.4) is 0 Å². The van der Waals surface area contributed by atoms with Crippen molar-refractivity contribution in [3.05, 3.63) is 54.2 Å². The second kappa shape index (κ2) is 6.16. The average molecular weight is 267 g/mol. The molecule has 104 valence electrons. The van der Waals surface area contributed by atoms with Gasteiger partial charge >= 0.3 is 0 Å². The molecule has 3 nitrogen and oxygen atoms in total. The molecule has 0 aliphatic carbocycles. The predicted octanol–water partition coefficient (Wildman–Crippen LogP) is 2.54. The highest BCUT2D eigenvalue weighted by atomic mass is 15.2. The fraction of sp³-hybridized carbons (Fsp3) is 0.353. The number of aromatic nitrogens is 1. The molecule has 2 heterocycles. The highest BCUT2D eigenvalue weighted by molar-refractivity contribution is 5.59. The average Bonchev–Trinajstić information content (AvgIpc) is 2.48. The van der Waals surface area contributed by atoms with Crippen molar-refractivity contribution >= 4 is 0 Å². The molecule has 0 spiro atoms. The standard InChI is InChI=1S/C17H21N3/c1-14-12-20(10-9-18-14)13-15-5-4-6-16(11-15)17-7-2-3-8-19-17/h2-8,11,14,18H,9-10,12-13H2,1H3/t14-/m1/s1. The minimum Gasteiger partial charge on any atom is -0.312 e. The molecule has 1 aromatic carbocycles. The summed E-state index contributed by atoms with van der Waals surface area (Å²) in [5.41, 5.74) is 3.61. The quantitative estimate of drug-likeness (QED) is 0.926. The third-order valence-corrected chi connectivity index (χ3v) is 3.75. The van der Waals surface area contributed by atoms with Gasteiger partial charge in [-0.15, -0.1) is 0 Å². The molecule has 0 bridgehead atoms. The van der Waals surface area contributed by atoms with E-state index in [0.717, 1.165) is 31.9 Å². The van der Waals surface area contributed by atoms with Crippen molar-refractivity contribution in [1.82, 2.24) is 15.2 Å². The van der Waals surface area contributed by atoms with Gasteiger partial charge in [0.05, 0.1) is 5.69 Å². The van der Waals surface area contributed by atoms with Gasteiger partial charge in [0.25, 0.3) is 0 Å². The van der Waals surface area contributed by atoms with Gasteiger partial charge in [-0.3, -0.25) is 9.88 Å². The summed E-state index contributed by atoms with van der Waals surface area (Å²) in [6.07, 6.45) is 1.85. The van der Waals surface area contributed by atoms with Gasteiger partial charge < -0.3 is 5.32 Å². The van der Waals surface area contributed by atoms with E-state index < -0.39 is 0 Å². The number of hydrogen-bond donors (Lipinski definition) is 1. The topological polar surface area (TPSA) is 28.2 Å². The number of hydrogen-bond acceptors (Lipinski definition) is 3. The molecule has 1 aliphatic rings. The van der Waals surface area contributed by atoms with Gasteiger partial charge in [-0.25, -0.2) is 0 Å². The Labute approximate surface area is 120 Å². The summed E-state index contributed by atoms with van der Waals surface area (Å²) in [5.74, 6) is 0. The zero-order chi connectivity index (χ0) is 13.8. The number of rotatable bonds is 3. The molecular weight excluding hydrogens is 246 g/mol. The Kier molecular flexibility index (Phi) is 4.09. The van der Waals surface area contributed by atoms with Crippen LogP contribution in [0.5, 0.6) is 0 Å². The molecule has 3 rings (SSSR count). The van der Waals surface area contributed by atoms with E-state index in [1.807, 2.05) is 18.3 Å². The summed E-state index contributed by atoms with van der Waals surface area (Å²) in [7, 11) is 0. The van der Waals surface area contributed by atoms with Crippen molar-refractivity contribution in [3.8, 4) is 11.3 Å². The second-order valence-corrected chi connectivity index (χ2v) is 5.51. The van der Waals surface area contributed by atoms with E-state index in [2.05, 4.69) is 52.5 Å². The van der Waals surface area contributed by atoms with E-state index in [1.54, 1.807) is 0 Å². The molecule has 1 aromatic heterocycles. The first-order chi connectivity index (χ1) is 9.81. The van der Waals surface area contributed by atoms with Crippen molar-refractivity contribution in [2.45, 2.75) is 19.5 Å². The predicted molar refractivity (Wildman–Crippen MR) is 82.4 cm³/mol. The van der Waals surface area contributed by atoms with Crippen LogP contribution in [-0.4, -0.2) is 35.6 Å². The Bertz CT molecular complexity index is 553. The normalized spacial score (nSPS) is 19.9. The fourth-order valence-corrected chi connectivity index (χ4v) is 2.78. The van der Waals surface area contributed by atoms with E-state index in [1.165, 1.54) is 11.1 Å². The molecule has 0 saturated carbocycles. The monoisotopic (exact) mass is 267 g/mol. The van der Waals surface area contributed by atoms with Crippen molar-refractivity contribution < 1.29 is 0 Å². The van der Waals surface area contributed by atoms with Crippen molar-refractivity contribution in [2.75, 3.05) is 19.6 Å². The number of nitrogens with one attached hydrogen (secondary N) is 1. The molecule has 1 aliphatic heterocycles. The number of benzene rings is 1. The highest BCUT2D eigenvalue weighted by Gasteiger charge is 2.15. The first-order valence-electron chi connectivity index (χ1n) is 7.27. The molecule has 0 unspecified atom stereocenters. The van der Waals surface area contributed by atoms with Crippen LogP contribution in [0.4, 0.5) is 0 Å². The summed E-state index contributed by atoms with van der Waals surface area (Å²) < 4.78 is 0. The van der Waals surface area contributed by atoms with Gasteiger partial charge in [-0.05, 0) is 30.7 Å². The van der Waals surface area contributed by atoms with Gasteiger partial charge in [0.15, 0.2) is 0 Å². The second-order valence-electron chi connectivity index (χ2n) is 5.51. The van der Waals surface area contributed by atoms with Gasteiger partial charge in [-0.2, -0.15) is 0 Å². The molecule has 1 saturated heterocycles. The Hall–Kier alpha value is -1.71. The first-order valence-corrected chi connectivity index (χ1v) is 7.27. The van der Waals surface area contributed by atoms with Crippen LogP contribution in [-0.2, 0) is 6.54 Å². The van der Waals surface area contributed by atoms with E-state index in [4.69, 9.17) is 0 Å². The van der Waals surface area contributed by atoms with Gasteiger partial charge in [0.2, 0.25) is 0 Å². The maximum absolute atomic E-state index is 4.43. The molecule has 1 fully saturated rings. The lowest BCUT2D eigenvalue weighted by Gasteiger charge is -2.31. The number of pyridine rings is 1. The van der Waals surface area contributed by atoms with E-state index in [-0.39, 0.29) is 0 Å². The SMILES string of the molecule is C[C@@H]1CN(Cc2cccc(-c3ccccn3)c2)CCN1. The molecular formula is C17H21N3. The molecule has 0 amide bonds. The maximum atomic E-state index is 4.43. The summed E-state index contributed by atoms with van der Waals surface area (Å²) in [5, 5.41) is 3.48. The van der Waals surface area contributed by atoms with Crippen LogP contribution in [0.2, 0.25) is 0 Å². The molecule has 1 N–H and O–H groups in total. The van der Waals surface area contributed by atoms with Crippen LogP contribution < -0.4 is 5.32 Å². The first kappa shape index (κ1) is 13.3. The zero-order valence-corrected chi connectivity index (χ0v) is 11.9. The van der Waals surface area contributed by atoms with Gasteiger partial charge in [0, 0.05) is 44.0 Å². The largest absolute Gasteiger partial charge is 0.312 e. The van der Waals surface area contributed by atoms with Gasteiger partial charge in [-0.1, -0.05) is 24.3 Å². The van der Waals surface area contributed by atoms with E-state index in [0.29, 0.717) is 6.04 Å². The summed E-state index contributed by atoms with van der Waals surface area (Å²) in [4.78, 5) is 6.94. The lowest BCUT2D eigenvalue weighted by molar-refractivity contribution is 0.199. The van der Waals surface area contributed by atoms with Crippen LogP contribution in [0.25, 0.3) is 11.3 Å². The minimum absolute atomic E-state index is 0.586. The maximum Gasteiger partial charge on any atom is 0.0702 e. The Morgan fingerprint density at radius 3 is 3.00 bits per heavy atom. The molecule has 3 heteroatoms. The minimum atomic E-state index is 0.586. The summed E-state index contributed by atoms with van der Waals surface area (Å²) >= 11 is 0. The van der Waals surface area contributed by atoms with E-state index in [9.17, 15) is 0 Å². The van der Waals surface area contributed by atoms with Gasteiger partial charge in [0.1, 0.15) is 0 Å². The highest BCUT2D eigenvalue weighted by Crippen LogP contribution is 2.19. The van der Waals surface area contributed by atoms with Crippen molar-refractivity contribution in [1.29, 1.82) is 0 Å². The Balaban J connectivity index is 1.74. The third kappa shape index (κ3) is 3.24. The fourth-order valence-electron chi connectivity index (χ4n) is 2.78. The number of nitrogens with zero attached hydrogens (tertiary/aromatic N) is 2. The molecule has 20 heavy (non-hydrogen) atoms. The number of piperazine rings is 1. The van der Waals surface area contributed by atoms with Crippen LogP contribution in [0, 0.1) is 0 Å². The van der Waals surface area contributed by atoms with Crippen molar-refractivity contribution in [3.63, 3.8) is 0 Å². The smallest absolute Gasteiger partial charge is 0.0702 e. The van der Waals surface area contributed by atoms with Crippen LogP contribution >= 0.6 is 0 Å². The molecule has 2 aromatic rings. The molecule has 1 atom stereocenters. The summed E-state index contributed by atoms with van der Waals surface area (Å²) in [6, 6.07) is 15.4. The Morgan fingerprint density at radius 2 is 2.20 bits per heavy atom. The van der Waals surface area contributed by atoms with Crippen LogP contribution in [0.15, 0.2) is 48.7 Å². The molecule has 0 radical (unpaired) electrons. The Morgan fingerprint density at radius 1 is 1.25 bits per heavy atom.